The van der Waals surface area contributed by atoms with E-state index in [0.717, 1.165) is 81.0 Å². The van der Waals surface area contributed by atoms with Gasteiger partial charge in [-0.15, -0.1) is 0 Å². The fourth-order valence-corrected chi connectivity index (χ4v) is 5.83. The molecule has 0 radical (unpaired) electrons. The first kappa shape index (κ1) is 26.6. The molecule has 6 nitrogen and oxygen atoms in total. The molecule has 1 saturated carbocycles. The molecule has 2 aliphatic rings. The fraction of sp³-hybridized carbons (Fsp3) is 0.567. The quantitative estimate of drug-likeness (QED) is 0.513. The van der Waals surface area contributed by atoms with Crippen LogP contribution in [0.5, 0.6) is 0 Å². The van der Waals surface area contributed by atoms with E-state index in [1.807, 2.05) is 13.0 Å². The van der Waals surface area contributed by atoms with Crippen molar-refractivity contribution >= 4 is 11.7 Å². The van der Waals surface area contributed by atoms with Gasteiger partial charge >= 0.3 is 5.97 Å². The number of morpholine rings is 1. The van der Waals surface area contributed by atoms with Gasteiger partial charge in [-0.25, -0.2) is 4.79 Å². The van der Waals surface area contributed by atoms with Crippen molar-refractivity contribution in [1.82, 2.24) is 9.80 Å². The lowest BCUT2D eigenvalue weighted by molar-refractivity contribution is 0.0342. The Morgan fingerprint density at radius 3 is 2.22 bits per heavy atom. The van der Waals surface area contributed by atoms with Crippen LogP contribution in [0.25, 0.3) is 11.1 Å². The van der Waals surface area contributed by atoms with Crippen LogP contribution in [-0.4, -0.2) is 79.9 Å². The zero-order valence-corrected chi connectivity index (χ0v) is 22.5. The van der Waals surface area contributed by atoms with Crippen molar-refractivity contribution in [3.63, 3.8) is 0 Å². The maximum absolute atomic E-state index is 12.3. The molecule has 0 aromatic heterocycles. The van der Waals surface area contributed by atoms with E-state index >= 15 is 0 Å². The van der Waals surface area contributed by atoms with Gasteiger partial charge in [-0.05, 0) is 87.5 Å². The summed E-state index contributed by atoms with van der Waals surface area (Å²) < 4.78 is 5.47. The minimum absolute atomic E-state index is 0.406. The topological polar surface area (TPSA) is 56.3 Å². The van der Waals surface area contributed by atoms with Gasteiger partial charge in [0.2, 0.25) is 0 Å². The number of carboxylic acids is 1. The van der Waals surface area contributed by atoms with Crippen LogP contribution in [-0.2, 0) is 11.3 Å². The Kier molecular flexibility index (Phi) is 9.04. The highest BCUT2D eigenvalue weighted by Crippen LogP contribution is 2.36. The molecular weight excluding hydrogens is 450 g/mol. The number of nitrogens with zero attached hydrogens (tertiary/aromatic N) is 3. The third-order valence-electron chi connectivity index (χ3n) is 8.02. The predicted molar refractivity (Wildman–Crippen MR) is 147 cm³/mol. The average molecular weight is 494 g/mol. The predicted octanol–water partition coefficient (Wildman–Crippen LogP) is 5.28. The van der Waals surface area contributed by atoms with E-state index in [4.69, 9.17) is 4.74 Å². The molecule has 1 heterocycles. The van der Waals surface area contributed by atoms with Crippen molar-refractivity contribution < 1.29 is 14.6 Å². The number of hydrogen-bond acceptors (Lipinski definition) is 5. The zero-order valence-electron chi connectivity index (χ0n) is 22.5. The van der Waals surface area contributed by atoms with Crippen LogP contribution in [0, 0.1) is 6.92 Å². The van der Waals surface area contributed by atoms with Gasteiger partial charge in [-0.3, -0.25) is 4.90 Å². The van der Waals surface area contributed by atoms with Crippen LogP contribution in [0.3, 0.4) is 0 Å². The number of rotatable bonds is 9. The van der Waals surface area contributed by atoms with E-state index < -0.39 is 5.97 Å². The Balaban J connectivity index is 1.62. The minimum Gasteiger partial charge on any atom is -0.478 e. The average Bonchev–Trinajstić information content (AvgIpc) is 2.89. The number of ether oxygens (including phenoxy) is 1. The standard InChI is InChI=1S/C30H43N3O3/c1-5-14-33(27-12-10-26(11-13-27)31(3)4)29-20-25(19-28(22(29)2)30(34)35)24-8-6-23(7-9-24)21-32-15-17-36-18-16-32/h6-9,19-20,26-27H,5,10-18,21H2,1-4H3,(H,34,35)/t26-,27-. The first-order valence-electron chi connectivity index (χ1n) is 13.6. The summed E-state index contributed by atoms with van der Waals surface area (Å²) in [5.41, 5.74) is 5.68. The smallest absolute Gasteiger partial charge is 0.336 e. The molecule has 6 heteroatoms. The van der Waals surface area contributed by atoms with E-state index in [1.165, 1.54) is 18.4 Å². The molecule has 36 heavy (non-hydrogen) atoms. The van der Waals surface area contributed by atoms with E-state index in [0.29, 0.717) is 17.6 Å². The summed E-state index contributed by atoms with van der Waals surface area (Å²) in [6, 6.07) is 13.8. The molecule has 1 aliphatic heterocycles. The highest BCUT2D eigenvalue weighted by atomic mass is 16.5. The number of carboxylic acid groups (broad SMARTS) is 1. The molecule has 0 spiro atoms. The second kappa shape index (κ2) is 12.2. The molecular formula is C30H43N3O3. The first-order valence-corrected chi connectivity index (χ1v) is 13.6. The summed E-state index contributed by atoms with van der Waals surface area (Å²) in [6.45, 7) is 9.58. The van der Waals surface area contributed by atoms with Gasteiger partial charge in [0.1, 0.15) is 0 Å². The highest BCUT2D eigenvalue weighted by molar-refractivity contribution is 5.94. The summed E-state index contributed by atoms with van der Waals surface area (Å²) in [6.07, 6.45) is 5.70. The number of carbonyl (C=O) groups is 1. The Morgan fingerprint density at radius 2 is 1.64 bits per heavy atom. The van der Waals surface area contributed by atoms with Gasteiger partial charge in [0.25, 0.3) is 0 Å². The summed E-state index contributed by atoms with van der Waals surface area (Å²) in [7, 11) is 4.35. The largest absolute Gasteiger partial charge is 0.478 e. The van der Waals surface area contributed by atoms with Crippen LogP contribution < -0.4 is 4.90 Å². The number of anilines is 1. The van der Waals surface area contributed by atoms with E-state index in [2.05, 4.69) is 66.1 Å². The Hall–Kier alpha value is -2.41. The van der Waals surface area contributed by atoms with Crippen LogP contribution in [0.2, 0.25) is 0 Å². The number of hydrogen-bond donors (Lipinski definition) is 1. The van der Waals surface area contributed by atoms with Crippen LogP contribution in [0.15, 0.2) is 36.4 Å². The molecule has 0 unspecified atom stereocenters. The molecule has 2 fully saturated rings. The van der Waals surface area contributed by atoms with Gasteiger partial charge < -0.3 is 19.6 Å². The molecule has 196 valence electrons. The second-order valence-electron chi connectivity index (χ2n) is 10.7. The van der Waals surface area contributed by atoms with Crippen molar-refractivity contribution in [2.75, 3.05) is 51.8 Å². The maximum Gasteiger partial charge on any atom is 0.336 e. The van der Waals surface area contributed by atoms with Crippen LogP contribution in [0.4, 0.5) is 5.69 Å². The lowest BCUT2D eigenvalue weighted by atomic mass is 9.88. The van der Waals surface area contributed by atoms with Crippen molar-refractivity contribution in [1.29, 1.82) is 0 Å². The fourth-order valence-electron chi connectivity index (χ4n) is 5.83. The number of aromatic carboxylic acids is 1. The maximum atomic E-state index is 12.3. The van der Waals surface area contributed by atoms with E-state index in [9.17, 15) is 9.90 Å². The summed E-state index contributed by atoms with van der Waals surface area (Å²) >= 11 is 0. The minimum atomic E-state index is -0.854. The molecule has 1 aliphatic carbocycles. The zero-order chi connectivity index (χ0) is 25.7. The molecule has 2 aromatic rings. The molecule has 0 bridgehead atoms. The van der Waals surface area contributed by atoms with Gasteiger partial charge in [0, 0.05) is 44.0 Å². The molecule has 1 N–H and O–H groups in total. The molecule has 2 aromatic carbocycles. The monoisotopic (exact) mass is 493 g/mol. The van der Waals surface area contributed by atoms with E-state index in [-0.39, 0.29) is 0 Å². The summed E-state index contributed by atoms with van der Waals surface area (Å²) in [4.78, 5) is 19.5. The normalized spacial score (nSPS) is 21.0. The highest BCUT2D eigenvalue weighted by Gasteiger charge is 2.28. The Labute approximate surface area is 216 Å². The third-order valence-corrected chi connectivity index (χ3v) is 8.02. The van der Waals surface area contributed by atoms with Crippen molar-refractivity contribution in [3.8, 4) is 11.1 Å². The van der Waals surface area contributed by atoms with Gasteiger partial charge in [-0.2, -0.15) is 0 Å². The molecule has 0 atom stereocenters. The summed E-state index contributed by atoms with van der Waals surface area (Å²) in [5.74, 6) is -0.854. The van der Waals surface area contributed by atoms with E-state index in [1.54, 1.807) is 0 Å². The van der Waals surface area contributed by atoms with Crippen molar-refractivity contribution in [2.45, 2.75) is 64.6 Å². The molecule has 1 saturated heterocycles. The van der Waals surface area contributed by atoms with Crippen LogP contribution >= 0.6 is 0 Å². The van der Waals surface area contributed by atoms with Gasteiger partial charge in [0.05, 0.1) is 18.8 Å². The Bertz CT molecular complexity index is 1010. The summed E-state index contributed by atoms with van der Waals surface area (Å²) in [5, 5.41) is 10.1. The number of benzene rings is 2. The van der Waals surface area contributed by atoms with Gasteiger partial charge in [-0.1, -0.05) is 31.2 Å². The van der Waals surface area contributed by atoms with Crippen LogP contribution in [0.1, 0.15) is 60.5 Å². The second-order valence-corrected chi connectivity index (χ2v) is 10.7. The lowest BCUT2D eigenvalue weighted by Crippen LogP contribution is -2.43. The Morgan fingerprint density at radius 1 is 1.00 bits per heavy atom. The first-order chi connectivity index (χ1) is 17.4. The SMILES string of the molecule is CCCN(c1cc(-c2ccc(CN3CCOCC3)cc2)cc(C(=O)O)c1C)[C@H]1CC[C@H](N(C)C)CC1. The van der Waals surface area contributed by atoms with Crippen molar-refractivity contribution in [2.24, 2.45) is 0 Å². The lowest BCUT2D eigenvalue weighted by Gasteiger charge is -2.41. The third kappa shape index (κ3) is 6.28. The molecule has 0 amide bonds. The van der Waals surface area contributed by atoms with Crippen molar-refractivity contribution in [3.05, 3.63) is 53.1 Å². The molecule has 4 rings (SSSR count). The van der Waals surface area contributed by atoms with Gasteiger partial charge in [0.15, 0.2) is 0 Å².